The largest absolute Gasteiger partial charge is 0.397 e. The normalized spacial score (nSPS) is 10.6. The maximum absolute atomic E-state index is 14.0. The molecule has 100 valence electrons. The summed E-state index contributed by atoms with van der Waals surface area (Å²) in [6.07, 6.45) is 0. The van der Waals surface area contributed by atoms with Gasteiger partial charge in [0.1, 0.15) is 11.5 Å². The number of aryl methyl sites for hydroxylation is 3. The summed E-state index contributed by atoms with van der Waals surface area (Å²) in [4.78, 5) is 1.83. The standard InChI is InChI=1S/C16H19FN2/c1-10-8-11(2)15(12(3)9-10)19(4)16-13(17)6-5-7-14(16)18/h5-9H,18H2,1-4H3. The van der Waals surface area contributed by atoms with Crippen molar-refractivity contribution in [3.8, 4) is 0 Å². The van der Waals surface area contributed by atoms with Crippen LogP contribution in [0.2, 0.25) is 0 Å². The summed E-state index contributed by atoms with van der Waals surface area (Å²) in [6, 6.07) is 8.96. The van der Waals surface area contributed by atoms with Crippen LogP contribution in [0.25, 0.3) is 0 Å². The highest BCUT2D eigenvalue weighted by molar-refractivity contribution is 5.78. The van der Waals surface area contributed by atoms with Gasteiger partial charge in [-0.25, -0.2) is 4.39 Å². The SMILES string of the molecule is Cc1cc(C)c(N(C)c2c(N)cccc2F)c(C)c1. The number of halogens is 1. The lowest BCUT2D eigenvalue weighted by Gasteiger charge is -2.26. The Hall–Kier alpha value is -2.03. The van der Waals surface area contributed by atoms with Gasteiger partial charge in [0.2, 0.25) is 0 Å². The van der Waals surface area contributed by atoms with Crippen LogP contribution in [0.1, 0.15) is 16.7 Å². The quantitative estimate of drug-likeness (QED) is 0.822. The van der Waals surface area contributed by atoms with Crippen LogP contribution in [0.5, 0.6) is 0 Å². The third-order valence-electron chi connectivity index (χ3n) is 3.32. The number of nitrogens with zero attached hydrogens (tertiary/aromatic N) is 1. The first-order valence-corrected chi connectivity index (χ1v) is 6.27. The van der Waals surface area contributed by atoms with E-state index in [0.717, 1.165) is 16.8 Å². The number of rotatable bonds is 2. The highest BCUT2D eigenvalue weighted by atomic mass is 19.1. The summed E-state index contributed by atoms with van der Waals surface area (Å²) >= 11 is 0. The molecule has 2 nitrogen and oxygen atoms in total. The van der Waals surface area contributed by atoms with Crippen LogP contribution in [0.4, 0.5) is 21.5 Å². The Kier molecular flexibility index (Phi) is 3.47. The first-order chi connectivity index (χ1) is 8.91. The smallest absolute Gasteiger partial charge is 0.148 e. The second-order valence-corrected chi connectivity index (χ2v) is 4.98. The third-order valence-corrected chi connectivity index (χ3v) is 3.32. The van der Waals surface area contributed by atoms with Crippen LogP contribution in [0, 0.1) is 26.6 Å². The fraction of sp³-hybridized carbons (Fsp3) is 0.250. The third kappa shape index (κ3) is 2.41. The van der Waals surface area contributed by atoms with Gasteiger partial charge in [-0.05, 0) is 44.0 Å². The molecular formula is C16H19FN2. The molecule has 2 N–H and O–H groups in total. The van der Waals surface area contributed by atoms with Crippen LogP contribution in [0.3, 0.4) is 0 Å². The van der Waals surface area contributed by atoms with Crippen molar-refractivity contribution in [3.05, 3.63) is 52.8 Å². The summed E-state index contributed by atoms with van der Waals surface area (Å²) in [5, 5.41) is 0. The van der Waals surface area contributed by atoms with Crippen molar-refractivity contribution in [2.75, 3.05) is 17.7 Å². The van der Waals surface area contributed by atoms with E-state index in [1.807, 2.05) is 25.8 Å². The maximum atomic E-state index is 14.0. The Morgan fingerprint density at radius 2 is 1.58 bits per heavy atom. The van der Waals surface area contributed by atoms with Gasteiger partial charge in [0, 0.05) is 12.7 Å². The number of benzene rings is 2. The summed E-state index contributed by atoms with van der Waals surface area (Å²) in [5.41, 5.74) is 11.2. The fourth-order valence-corrected chi connectivity index (χ4v) is 2.70. The van der Waals surface area contributed by atoms with E-state index in [1.54, 1.807) is 12.1 Å². The van der Waals surface area contributed by atoms with Crippen molar-refractivity contribution in [2.45, 2.75) is 20.8 Å². The molecular weight excluding hydrogens is 239 g/mol. The molecule has 2 aromatic carbocycles. The van der Waals surface area contributed by atoms with Crippen molar-refractivity contribution >= 4 is 17.1 Å². The molecule has 0 saturated heterocycles. The van der Waals surface area contributed by atoms with Crippen molar-refractivity contribution in [1.29, 1.82) is 0 Å². The average molecular weight is 258 g/mol. The summed E-state index contributed by atoms with van der Waals surface area (Å²) in [5.74, 6) is -0.304. The molecule has 0 amide bonds. The number of nitrogens with two attached hydrogens (primary N) is 1. The van der Waals surface area contributed by atoms with E-state index in [2.05, 4.69) is 19.1 Å². The number of hydrogen-bond acceptors (Lipinski definition) is 2. The lowest BCUT2D eigenvalue weighted by Crippen LogP contribution is -2.16. The van der Waals surface area contributed by atoms with Crippen LogP contribution < -0.4 is 10.6 Å². The van der Waals surface area contributed by atoms with E-state index >= 15 is 0 Å². The monoisotopic (exact) mass is 258 g/mol. The summed E-state index contributed by atoms with van der Waals surface area (Å²) < 4.78 is 14.0. The molecule has 0 radical (unpaired) electrons. The molecule has 0 aliphatic heterocycles. The van der Waals surface area contributed by atoms with Gasteiger partial charge >= 0.3 is 0 Å². The zero-order valence-corrected chi connectivity index (χ0v) is 11.8. The minimum atomic E-state index is -0.304. The first-order valence-electron chi connectivity index (χ1n) is 6.27. The Balaban J connectivity index is 2.60. The van der Waals surface area contributed by atoms with E-state index in [0.29, 0.717) is 11.4 Å². The molecule has 3 heteroatoms. The highest BCUT2D eigenvalue weighted by Gasteiger charge is 2.16. The van der Waals surface area contributed by atoms with Crippen LogP contribution >= 0.6 is 0 Å². The number of anilines is 3. The predicted octanol–water partition coefficient (Wildman–Crippen LogP) is 4.10. The average Bonchev–Trinajstić information content (AvgIpc) is 2.26. The minimum absolute atomic E-state index is 0.304. The molecule has 2 rings (SSSR count). The van der Waals surface area contributed by atoms with Gasteiger partial charge in [0.05, 0.1) is 5.69 Å². The van der Waals surface area contributed by atoms with Crippen molar-refractivity contribution < 1.29 is 4.39 Å². The molecule has 2 aromatic rings. The molecule has 19 heavy (non-hydrogen) atoms. The van der Waals surface area contributed by atoms with Gasteiger partial charge in [-0.15, -0.1) is 0 Å². The molecule has 0 aliphatic rings. The molecule has 0 bridgehead atoms. The highest BCUT2D eigenvalue weighted by Crippen LogP contribution is 2.35. The van der Waals surface area contributed by atoms with Gasteiger partial charge in [-0.3, -0.25) is 0 Å². The van der Waals surface area contributed by atoms with Gasteiger partial charge < -0.3 is 10.6 Å². The van der Waals surface area contributed by atoms with Crippen molar-refractivity contribution in [1.82, 2.24) is 0 Å². The van der Waals surface area contributed by atoms with Gasteiger partial charge in [0.25, 0.3) is 0 Å². The zero-order valence-electron chi connectivity index (χ0n) is 11.8. The second-order valence-electron chi connectivity index (χ2n) is 4.98. The Morgan fingerprint density at radius 1 is 1.00 bits per heavy atom. The summed E-state index contributed by atoms with van der Waals surface area (Å²) in [6.45, 7) is 6.12. The Bertz CT molecular complexity index is 577. The lowest BCUT2D eigenvalue weighted by molar-refractivity contribution is 0.628. The zero-order chi connectivity index (χ0) is 14.2. The topological polar surface area (TPSA) is 29.3 Å². The van der Waals surface area contributed by atoms with Crippen molar-refractivity contribution in [2.24, 2.45) is 0 Å². The van der Waals surface area contributed by atoms with E-state index in [1.165, 1.54) is 11.6 Å². The Morgan fingerprint density at radius 3 is 2.11 bits per heavy atom. The van der Waals surface area contributed by atoms with Gasteiger partial charge in [-0.1, -0.05) is 23.8 Å². The molecule has 0 saturated carbocycles. The van der Waals surface area contributed by atoms with Crippen molar-refractivity contribution in [3.63, 3.8) is 0 Å². The second kappa shape index (κ2) is 4.92. The van der Waals surface area contributed by atoms with Gasteiger partial charge in [0.15, 0.2) is 0 Å². The first kappa shape index (κ1) is 13.4. The van der Waals surface area contributed by atoms with E-state index < -0.39 is 0 Å². The Labute approximate surface area is 113 Å². The van der Waals surface area contributed by atoms with Crippen LogP contribution in [-0.2, 0) is 0 Å². The molecule has 0 unspecified atom stereocenters. The lowest BCUT2D eigenvalue weighted by atomic mass is 10.0. The van der Waals surface area contributed by atoms with E-state index in [-0.39, 0.29) is 5.82 Å². The number of para-hydroxylation sites is 1. The molecule has 0 aliphatic carbocycles. The number of nitrogen functional groups attached to an aromatic ring is 1. The van der Waals surface area contributed by atoms with Gasteiger partial charge in [-0.2, -0.15) is 0 Å². The number of hydrogen-bond donors (Lipinski definition) is 1. The van der Waals surface area contributed by atoms with E-state index in [9.17, 15) is 4.39 Å². The van der Waals surface area contributed by atoms with E-state index in [4.69, 9.17) is 5.73 Å². The summed E-state index contributed by atoms with van der Waals surface area (Å²) in [7, 11) is 1.85. The molecule has 0 heterocycles. The molecule has 0 spiro atoms. The molecule has 0 atom stereocenters. The predicted molar refractivity (Wildman–Crippen MR) is 79.5 cm³/mol. The van der Waals surface area contributed by atoms with Crippen LogP contribution in [-0.4, -0.2) is 7.05 Å². The maximum Gasteiger partial charge on any atom is 0.148 e. The fourth-order valence-electron chi connectivity index (χ4n) is 2.70. The van der Waals surface area contributed by atoms with Crippen LogP contribution in [0.15, 0.2) is 30.3 Å². The minimum Gasteiger partial charge on any atom is -0.397 e. The molecule has 0 aromatic heterocycles. The molecule has 0 fully saturated rings.